The van der Waals surface area contributed by atoms with Crippen molar-refractivity contribution < 1.29 is 18.3 Å². The molecule has 0 amide bonds. The Kier molecular flexibility index (Phi) is 4.04. The van der Waals surface area contributed by atoms with E-state index in [4.69, 9.17) is 11.6 Å². The molecule has 110 valence electrons. The van der Waals surface area contributed by atoms with Crippen molar-refractivity contribution in [3.05, 3.63) is 23.5 Å². The number of carboxylic acid groups (broad SMARTS) is 1. The molecule has 0 radical (unpaired) electrons. The molecule has 1 fully saturated rings. The second-order valence-electron chi connectivity index (χ2n) is 4.66. The third kappa shape index (κ3) is 2.19. The van der Waals surface area contributed by atoms with Crippen LogP contribution in [0.5, 0.6) is 0 Å². The lowest BCUT2D eigenvalue weighted by Crippen LogP contribution is -2.52. The lowest BCUT2D eigenvalue weighted by atomic mass is 9.95. The van der Waals surface area contributed by atoms with Gasteiger partial charge in [-0.1, -0.05) is 18.5 Å². The van der Waals surface area contributed by atoms with Gasteiger partial charge in [-0.25, -0.2) is 13.4 Å². The van der Waals surface area contributed by atoms with Gasteiger partial charge in [-0.2, -0.15) is 4.31 Å². The van der Waals surface area contributed by atoms with Crippen LogP contribution in [0.1, 0.15) is 26.2 Å². The zero-order valence-corrected chi connectivity index (χ0v) is 12.5. The van der Waals surface area contributed by atoms with E-state index in [0.717, 1.165) is 4.31 Å². The topological polar surface area (TPSA) is 87.6 Å². The summed E-state index contributed by atoms with van der Waals surface area (Å²) in [7, 11) is -3.98. The normalized spacial score (nSPS) is 23.9. The van der Waals surface area contributed by atoms with Gasteiger partial charge < -0.3 is 5.11 Å². The molecule has 6 nitrogen and oxygen atoms in total. The Hall–Kier alpha value is -1.18. The summed E-state index contributed by atoms with van der Waals surface area (Å²) in [5, 5.41) is 9.32. The zero-order chi connectivity index (χ0) is 15.0. The zero-order valence-electron chi connectivity index (χ0n) is 10.9. The van der Waals surface area contributed by atoms with Crippen LogP contribution >= 0.6 is 11.6 Å². The SMILES string of the molecule is CCC1(C(=O)O)CCCN1S(=O)(=O)c1cccnc1Cl. The number of aliphatic carboxylic acids is 1. The molecule has 1 atom stereocenters. The monoisotopic (exact) mass is 318 g/mol. The molecule has 8 heteroatoms. The van der Waals surface area contributed by atoms with Gasteiger partial charge in [0.2, 0.25) is 10.0 Å². The molecule has 20 heavy (non-hydrogen) atoms. The highest BCUT2D eigenvalue weighted by atomic mass is 35.5. The maximum atomic E-state index is 12.7. The third-order valence-corrected chi connectivity index (χ3v) is 6.12. The van der Waals surface area contributed by atoms with Crippen LogP contribution in [0.2, 0.25) is 5.15 Å². The first-order valence-corrected chi connectivity index (χ1v) is 8.05. The van der Waals surface area contributed by atoms with E-state index >= 15 is 0 Å². The molecular formula is C12H15ClN2O4S. The second-order valence-corrected chi connectivity index (χ2v) is 6.85. The molecule has 2 rings (SSSR count). The molecule has 1 unspecified atom stereocenters. The number of aromatic nitrogens is 1. The molecule has 2 heterocycles. The number of carboxylic acids is 1. The minimum absolute atomic E-state index is 0.144. The van der Waals surface area contributed by atoms with Crippen LogP contribution in [0.3, 0.4) is 0 Å². The maximum absolute atomic E-state index is 12.7. The third-order valence-electron chi connectivity index (χ3n) is 3.70. The summed E-state index contributed by atoms with van der Waals surface area (Å²) in [6, 6.07) is 2.80. The van der Waals surface area contributed by atoms with Crippen LogP contribution < -0.4 is 0 Å². The van der Waals surface area contributed by atoms with Crippen molar-refractivity contribution in [2.75, 3.05) is 6.54 Å². The average Bonchev–Trinajstić information content (AvgIpc) is 2.84. The van der Waals surface area contributed by atoms with E-state index in [9.17, 15) is 18.3 Å². The highest BCUT2D eigenvalue weighted by Gasteiger charge is 2.52. The first-order chi connectivity index (χ1) is 9.36. The van der Waals surface area contributed by atoms with E-state index in [1.54, 1.807) is 6.92 Å². The van der Waals surface area contributed by atoms with E-state index < -0.39 is 21.5 Å². The van der Waals surface area contributed by atoms with E-state index in [-0.39, 0.29) is 23.0 Å². The number of sulfonamides is 1. The maximum Gasteiger partial charge on any atom is 0.325 e. The summed E-state index contributed by atoms with van der Waals surface area (Å²) in [5.74, 6) is -1.12. The van der Waals surface area contributed by atoms with Crippen LogP contribution in [0.25, 0.3) is 0 Å². The molecule has 0 aromatic carbocycles. The average molecular weight is 319 g/mol. The highest BCUT2D eigenvalue weighted by Crippen LogP contribution is 2.38. The number of rotatable bonds is 4. The molecule has 1 aliphatic rings. The molecule has 1 aromatic heterocycles. The van der Waals surface area contributed by atoms with Crippen molar-refractivity contribution in [3.8, 4) is 0 Å². The minimum Gasteiger partial charge on any atom is -0.480 e. The first kappa shape index (κ1) is 15.2. The van der Waals surface area contributed by atoms with Crippen LogP contribution in [-0.2, 0) is 14.8 Å². The highest BCUT2D eigenvalue weighted by molar-refractivity contribution is 7.89. The molecule has 0 aliphatic carbocycles. The summed E-state index contributed by atoms with van der Waals surface area (Å²) in [4.78, 5) is 15.2. The summed E-state index contributed by atoms with van der Waals surface area (Å²) >= 11 is 5.84. The number of hydrogen-bond acceptors (Lipinski definition) is 4. The van der Waals surface area contributed by atoms with Gasteiger partial charge in [-0.05, 0) is 31.4 Å². The largest absolute Gasteiger partial charge is 0.480 e. The molecular weight excluding hydrogens is 304 g/mol. The number of halogens is 1. The van der Waals surface area contributed by atoms with Crippen LogP contribution in [0.4, 0.5) is 0 Å². The lowest BCUT2D eigenvalue weighted by Gasteiger charge is -2.32. The van der Waals surface area contributed by atoms with E-state index in [1.165, 1.54) is 18.3 Å². The fourth-order valence-electron chi connectivity index (χ4n) is 2.60. The van der Waals surface area contributed by atoms with Gasteiger partial charge in [-0.3, -0.25) is 4.79 Å². The molecule has 1 saturated heterocycles. The number of hydrogen-bond donors (Lipinski definition) is 1. The molecule has 1 aliphatic heterocycles. The molecule has 0 bridgehead atoms. The minimum atomic E-state index is -3.98. The molecule has 0 spiro atoms. The van der Waals surface area contributed by atoms with Crippen LogP contribution in [0.15, 0.2) is 23.2 Å². The van der Waals surface area contributed by atoms with Gasteiger partial charge in [0.1, 0.15) is 15.6 Å². The van der Waals surface area contributed by atoms with Gasteiger partial charge >= 0.3 is 5.97 Å². The molecule has 1 aromatic rings. The molecule has 1 N–H and O–H groups in total. The number of pyridine rings is 1. The predicted molar refractivity (Wildman–Crippen MR) is 73.0 cm³/mol. The van der Waals surface area contributed by atoms with Crippen LogP contribution in [0, 0.1) is 0 Å². The van der Waals surface area contributed by atoms with E-state index in [2.05, 4.69) is 4.98 Å². The van der Waals surface area contributed by atoms with Crippen molar-refractivity contribution in [1.82, 2.24) is 9.29 Å². The standard InChI is InChI=1S/C12H15ClN2O4S/c1-2-12(11(16)17)6-4-8-15(12)20(18,19)9-5-3-7-14-10(9)13/h3,5,7H,2,4,6,8H2,1H3,(H,16,17). The Bertz CT molecular complexity index is 634. The molecule has 0 saturated carbocycles. The van der Waals surface area contributed by atoms with Crippen molar-refractivity contribution in [3.63, 3.8) is 0 Å². The van der Waals surface area contributed by atoms with Crippen molar-refractivity contribution in [1.29, 1.82) is 0 Å². The van der Waals surface area contributed by atoms with Gasteiger partial charge in [0.05, 0.1) is 0 Å². The first-order valence-electron chi connectivity index (χ1n) is 6.23. The summed E-state index contributed by atoms with van der Waals surface area (Å²) in [6.07, 6.45) is 2.41. The second kappa shape index (κ2) is 5.31. The van der Waals surface area contributed by atoms with Gasteiger partial charge in [0.15, 0.2) is 0 Å². The number of nitrogens with zero attached hydrogens (tertiary/aromatic N) is 2. The fraction of sp³-hybridized carbons (Fsp3) is 0.500. The smallest absolute Gasteiger partial charge is 0.325 e. The lowest BCUT2D eigenvalue weighted by molar-refractivity contribution is -0.147. The summed E-state index contributed by atoms with van der Waals surface area (Å²) in [6.45, 7) is 1.85. The van der Waals surface area contributed by atoms with Crippen LogP contribution in [-0.4, -0.2) is 40.9 Å². The van der Waals surface area contributed by atoms with E-state index in [1.807, 2.05) is 0 Å². The predicted octanol–water partition coefficient (Wildman–Crippen LogP) is 1.75. The summed E-state index contributed by atoms with van der Waals surface area (Å²) < 4.78 is 26.4. The van der Waals surface area contributed by atoms with Crippen molar-refractivity contribution in [2.24, 2.45) is 0 Å². The Balaban J connectivity index is 2.55. The van der Waals surface area contributed by atoms with Crippen molar-refractivity contribution in [2.45, 2.75) is 36.6 Å². The number of carbonyl (C=O) groups is 1. The van der Waals surface area contributed by atoms with Gasteiger partial charge in [0.25, 0.3) is 0 Å². The van der Waals surface area contributed by atoms with E-state index in [0.29, 0.717) is 12.8 Å². The Morgan fingerprint density at radius 1 is 1.60 bits per heavy atom. The Morgan fingerprint density at radius 2 is 2.30 bits per heavy atom. The quantitative estimate of drug-likeness (QED) is 0.855. The van der Waals surface area contributed by atoms with Crippen molar-refractivity contribution >= 4 is 27.6 Å². The fourth-order valence-corrected chi connectivity index (χ4v) is 4.90. The van der Waals surface area contributed by atoms with Gasteiger partial charge in [-0.15, -0.1) is 0 Å². The van der Waals surface area contributed by atoms with Gasteiger partial charge in [0, 0.05) is 12.7 Å². The summed E-state index contributed by atoms with van der Waals surface area (Å²) in [5.41, 5.74) is -1.39. The Morgan fingerprint density at radius 3 is 2.85 bits per heavy atom. The Labute approximate surface area is 122 Å².